The molecule has 7 heteroatoms. The van der Waals surface area contributed by atoms with E-state index in [1.807, 2.05) is 0 Å². The number of anilines is 1. The first-order chi connectivity index (χ1) is 7.74. The van der Waals surface area contributed by atoms with Gasteiger partial charge in [0, 0.05) is 13.1 Å². The van der Waals surface area contributed by atoms with Gasteiger partial charge in [0.1, 0.15) is 4.70 Å². The highest BCUT2D eigenvalue weighted by Crippen LogP contribution is 2.27. The Hall–Kier alpha value is -1.21. The highest BCUT2D eigenvalue weighted by atomic mass is 32.1. The second-order valence-electron chi connectivity index (χ2n) is 3.78. The van der Waals surface area contributed by atoms with Gasteiger partial charge in [-0.3, -0.25) is 9.78 Å². The molecule has 1 aliphatic heterocycles. The summed E-state index contributed by atoms with van der Waals surface area (Å²) in [6.45, 7) is 2.05. The molecule has 16 heavy (non-hydrogen) atoms. The third-order valence-corrected chi connectivity index (χ3v) is 3.98. The predicted octanol–water partition coefficient (Wildman–Crippen LogP) is 1.64. The van der Waals surface area contributed by atoms with Crippen LogP contribution in [0.25, 0.3) is 10.3 Å². The number of aromatic nitrogens is 3. The Labute approximate surface area is 100 Å². The summed E-state index contributed by atoms with van der Waals surface area (Å²) in [5, 5.41) is 0.912. The molecule has 2 N–H and O–H groups in total. The first kappa shape index (κ1) is 9.98. The summed E-state index contributed by atoms with van der Waals surface area (Å²) in [6.07, 6.45) is 2.39. The van der Waals surface area contributed by atoms with Crippen molar-refractivity contribution in [2.75, 3.05) is 18.0 Å². The van der Waals surface area contributed by atoms with E-state index in [9.17, 15) is 4.79 Å². The zero-order chi connectivity index (χ0) is 11.1. The fourth-order valence-corrected chi connectivity index (χ4v) is 3.05. The molecule has 0 aliphatic carbocycles. The molecular formula is C9H10N4OS2. The minimum absolute atomic E-state index is 0.151. The molecule has 1 aliphatic rings. The van der Waals surface area contributed by atoms with Gasteiger partial charge in [0.15, 0.2) is 15.5 Å². The van der Waals surface area contributed by atoms with Gasteiger partial charge in [-0.1, -0.05) is 11.3 Å². The van der Waals surface area contributed by atoms with Gasteiger partial charge in [-0.05, 0) is 25.1 Å². The van der Waals surface area contributed by atoms with E-state index in [1.165, 1.54) is 24.2 Å². The Bertz CT molecular complexity index is 635. The molecule has 0 amide bonds. The molecule has 5 nitrogen and oxygen atoms in total. The molecular weight excluding hydrogens is 244 g/mol. The van der Waals surface area contributed by atoms with Crippen LogP contribution >= 0.6 is 23.6 Å². The van der Waals surface area contributed by atoms with Gasteiger partial charge in [-0.25, -0.2) is 4.98 Å². The van der Waals surface area contributed by atoms with Crippen LogP contribution in [0.2, 0.25) is 0 Å². The minimum atomic E-state index is -0.151. The third-order valence-electron chi connectivity index (χ3n) is 2.66. The fraction of sp³-hybridized carbons (Fsp3) is 0.444. The number of rotatable bonds is 1. The third kappa shape index (κ3) is 1.56. The van der Waals surface area contributed by atoms with Gasteiger partial charge in [0.05, 0.1) is 0 Å². The van der Waals surface area contributed by atoms with Gasteiger partial charge >= 0.3 is 0 Å². The maximum atomic E-state index is 11.6. The number of nitrogens with zero attached hydrogens (tertiary/aromatic N) is 2. The molecule has 2 aromatic heterocycles. The molecule has 1 fully saturated rings. The predicted molar refractivity (Wildman–Crippen MR) is 66.9 cm³/mol. The topological polar surface area (TPSA) is 64.8 Å². The molecule has 0 unspecified atom stereocenters. The zero-order valence-corrected chi connectivity index (χ0v) is 10.1. The lowest BCUT2D eigenvalue weighted by atomic mass is 10.4. The van der Waals surface area contributed by atoms with Crippen LogP contribution in [0.1, 0.15) is 12.8 Å². The highest BCUT2D eigenvalue weighted by Gasteiger charge is 2.17. The van der Waals surface area contributed by atoms with Crippen molar-refractivity contribution in [3.63, 3.8) is 0 Å². The molecule has 0 bridgehead atoms. The molecule has 0 spiro atoms. The Morgan fingerprint density at radius 2 is 2.06 bits per heavy atom. The quantitative estimate of drug-likeness (QED) is 0.759. The van der Waals surface area contributed by atoms with E-state index in [2.05, 4.69) is 19.9 Å². The monoisotopic (exact) mass is 254 g/mol. The van der Waals surface area contributed by atoms with Crippen LogP contribution in [0.5, 0.6) is 0 Å². The maximum absolute atomic E-state index is 11.6. The number of aromatic amines is 2. The van der Waals surface area contributed by atoms with Crippen molar-refractivity contribution in [2.24, 2.45) is 0 Å². The summed E-state index contributed by atoms with van der Waals surface area (Å²) < 4.78 is 0.950. The van der Waals surface area contributed by atoms with E-state index in [0.717, 1.165) is 18.2 Å². The van der Waals surface area contributed by atoms with Gasteiger partial charge < -0.3 is 9.88 Å². The molecule has 84 valence electrons. The van der Waals surface area contributed by atoms with Crippen LogP contribution in [0.4, 0.5) is 5.13 Å². The van der Waals surface area contributed by atoms with Crippen LogP contribution in [-0.2, 0) is 0 Å². The number of fused-ring (bicyclic) bond motifs is 1. The molecule has 3 rings (SSSR count). The zero-order valence-electron chi connectivity index (χ0n) is 8.45. The Balaban J connectivity index is 2.18. The molecule has 0 radical (unpaired) electrons. The van der Waals surface area contributed by atoms with Crippen LogP contribution < -0.4 is 10.5 Å². The lowest BCUT2D eigenvalue weighted by Crippen LogP contribution is -2.16. The molecule has 1 saturated heterocycles. The second kappa shape index (κ2) is 3.67. The standard InChI is InChI=1S/C9H10N4OS2/c14-7-5-6(10-8(15)12-7)11-9(16-5)13-3-1-2-4-13/h1-4H2,(H2,10,12,14,15). The summed E-state index contributed by atoms with van der Waals surface area (Å²) >= 11 is 6.33. The number of hydrogen-bond acceptors (Lipinski definition) is 5. The van der Waals surface area contributed by atoms with Crippen molar-refractivity contribution in [1.82, 2.24) is 15.0 Å². The van der Waals surface area contributed by atoms with Crippen molar-refractivity contribution < 1.29 is 0 Å². The van der Waals surface area contributed by atoms with Gasteiger partial charge in [0.25, 0.3) is 5.56 Å². The number of thiazole rings is 1. The summed E-state index contributed by atoms with van der Waals surface area (Å²) in [5.74, 6) is 0. The van der Waals surface area contributed by atoms with Crippen LogP contribution in [0, 0.1) is 4.77 Å². The Morgan fingerprint density at radius 3 is 2.81 bits per heavy atom. The lowest BCUT2D eigenvalue weighted by molar-refractivity contribution is 0.949. The summed E-state index contributed by atoms with van der Waals surface area (Å²) in [4.78, 5) is 23.7. The van der Waals surface area contributed by atoms with Gasteiger partial charge in [-0.2, -0.15) is 0 Å². The van der Waals surface area contributed by atoms with Gasteiger partial charge in [0.2, 0.25) is 0 Å². The van der Waals surface area contributed by atoms with Crippen molar-refractivity contribution in [3.05, 3.63) is 15.1 Å². The summed E-state index contributed by atoms with van der Waals surface area (Å²) in [7, 11) is 0. The second-order valence-corrected chi connectivity index (χ2v) is 5.16. The van der Waals surface area contributed by atoms with Crippen molar-refractivity contribution >= 4 is 39.0 Å². The molecule has 3 heterocycles. The number of hydrogen-bond donors (Lipinski definition) is 2. The lowest BCUT2D eigenvalue weighted by Gasteiger charge is -2.11. The van der Waals surface area contributed by atoms with Crippen LogP contribution in [0.3, 0.4) is 0 Å². The number of nitrogens with one attached hydrogen (secondary N) is 2. The van der Waals surface area contributed by atoms with Crippen molar-refractivity contribution in [3.8, 4) is 0 Å². The van der Waals surface area contributed by atoms with E-state index in [0.29, 0.717) is 15.1 Å². The summed E-state index contributed by atoms with van der Waals surface area (Å²) in [6, 6.07) is 0. The van der Waals surface area contributed by atoms with E-state index in [4.69, 9.17) is 12.2 Å². The highest BCUT2D eigenvalue weighted by molar-refractivity contribution is 7.71. The van der Waals surface area contributed by atoms with E-state index in [-0.39, 0.29) is 5.56 Å². The Kier molecular flexibility index (Phi) is 2.29. The van der Waals surface area contributed by atoms with Crippen molar-refractivity contribution in [1.29, 1.82) is 0 Å². The molecule has 0 aromatic carbocycles. The molecule has 0 saturated carbocycles. The summed E-state index contributed by atoms with van der Waals surface area (Å²) in [5.41, 5.74) is 0.447. The maximum Gasteiger partial charge on any atom is 0.271 e. The molecule has 0 atom stereocenters. The molecule has 2 aromatic rings. The van der Waals surface area contributed by atoms with E-state index >= 15 is 0 Å². The van der Waals surface area contributed by atoms with E-state index in [1.54, 1.807) is 0 Å². The smallest absolute Gasteiger partial charge is 0.271 e. The fourth-order valence-electron chi connectivity index (χ4n) is 1.89. The van der Waals surface area contributed by atoms with E-state index < -0.39 is 0 Å². The van der Waals surface area contributed by atoms with Crippen LogP contribution in [0.15, 0.2) is 4.79 Å². The van der Waals surface area contributed by atoms with Crippen LogP contribution in [-0.4, -0.2) is 28.0 Å². The first-order valence-electron chi connectivity index (χ1n) is 5.12. The minimum Gasteiger partial charge on any atom is -0.348 e. The van der Waals surface area contributed by atoms with Crippen molar-refractivity contribution in [2.45, 2.75) is 12.8 Å². The average Bonchev–Trinajstić information content (AvgIpc) is 2.82. The van der Waals surface area contributed by atoms with Gasteiger partial charge in [-0.15, -0.1) is 0 Å². The average molecular weight is 254 g/mol. The Morgan fingerprint density at radius 1 is 1.31 bits per heavy atom. The SMILES string of the molecule is O=c1[nH]c(=S)[nH]c2nc(N3CCCC3)sc12. The normalized spacial score (nSPS) is 16.1. The first-order valence-corrected chi connectivity index (χ1v) is 6.34. The largest absolute Gasteiger partial charge is 0.348 e. The number of H-pyrrole nitrogens is 2.